The predicted octanol–water partition coefficient (Wildman–Crippen LogP) is 6.15. The Morgan fingerprint density at radius 3 is 2.58 bits per heavy atom. The maximum Gasteiger partial charge on any atom is 0.379 e. The number of benzene rings is 2. The van der Waals surface area contributed by atoms with Crippen molar-refractivity contribution in [3.05, 3.63) is 86.3 Å². The summed E-state index contributed by atoms with van der Waals surface area (Å²) in [4.78, 5) is 25.3. The van der Waals surface area contributed by atoms with Gasteiger partial charge in [-0.3, -0.25) is 4.79 Å². The first kappa shape index (κ1) is 23.1. The minimum absolute atomic E-state index is 0.140. The third-order valence-electron chi connectivity index (χ3n) is 5.52. The number of hydrogen-bond donors (Lipinski definition) is 1. The minimum atomic E-state index is -0.567. The quantitative estimate of drug-likeness (QED) is 0.267. The van der Waals surface area contributed by atoms with Crippen LogP contribution in [0.1, 0.15) is 63.1 Å². The van der Waals surface area contributed by atoms with E-state index in [0.717, 1.165) is 24.0 Å². The molecule has 8 heteroatoms. The Hall–Kier alpha value is -3.09. The largest absolute Gasteiger partial charge is 0.453 e. The van der Waals surface area contributed by atoms with Crippen molar-refractivity contribution in [1.82, 2.24) is 5.43 Å². The number of nitrogens with one attached hydrogen (secondary N) is 1. The smallest absolute Gasteiger partial charge is 0.379 e. The number of halogens is 2. The maximum atomic E-state index is 12.8. The molecule has 0 saturated heterocycles. The van der Waals surface area contributed by atoms with Crippen molar-refractivity contribution in [3.8, 4) is 5.75 Å². The molecule has 6 nitrogen and oxygen atoms in total. The molecule has 0 fully saturated rings. The maximum absolute atomic E-state index is 12.8. The molecule has 2 aromatic carbocycles. The fraction of sp³-hybridized carbons (Fsp3) is 0.240. The number of carbonyl (C=O) groups excluding carboxylic acids is 2. The second-order valence-corrected chi connectivity index (χ2v) is 8.56. The van der Waals surface area contributed by atoms with Crippen LogP contribution in [0.15, 0.2) is 52.0 Å². The number of carbonyl (C=O) groups is 2. The van der Waals surface area contributed by atoms with Crippen LogP contribution in [0.25, 0.3) is 0 Å². The molecule has 1 aliphatic rings. The van der Waals surface area contributed by atoms with Gasteiger partial charge in [0.2, 0.25) is 5.76 Å². The molecule has 1 amide bonds. The summed E-state index contributed by atoms with van der Waals surface area (Å²) in [5, 5.41) is 4.99. The lowest BCUT2D eigenvalue weighted by Gasteiger charge is -2.13. The monoisotopic (exact) mass is 484 g/mol. The first-order valence-corrected chi connectivity index (χ1v) is 11.4. The molecule has 1 heterocycles. The Bertz CT molecular complexity index is 1250. The van der Waals surface area contributed by atoms with Crippen LogP contribution in [-0.4, -0.2) is 17.6 Å². The van der Waals surface area contributed by atoms with E-state index in [1.807, 2.05) is 12.1 Å². The van der Waals surface area contributed by atoms with Gasteiger partial charge in [0, 0.05) is 22.6 Å². The van der Waals surface area contributed by atoms with Crippen LogP contribution in [0.3, 0.4) is 0 Å². The fourth-order valence-electron chi connectivity index (χ4n) is 3.77. The average Bonchev–Trinajstić information content (AvgIpc) is 3.15. The number of aryl methyl sites for hydroxylation is 2. The van der Waals surface area contributed by atoms with Crippen LogP contribution in [0.5, 0.6) is 5.75 Å². The van der Waals surface area contributed by atoms with Crippen molar-refractivity contribution in [2.45, 2.75) is 39.5 Å². The van der Waals surface area contributed by atoms with Crippen molar-refractivity contribution >= 4 is 40.8 Å². The van der Waals surface area contributed by atoms with Crippen LogP contribution in [0.4, 0.5) is 0 Å². The lowest BCUT2D eigenvalue weighted by molar-refractivity contribution is 0.0698. The summed E-state index contributed by atoms with van der Waals surface area (Å²) < 4.78 is 11.4. The van der Waals surface area contributed by atoms with E-state index in [1.54, 1.807) is 25.1 Å². The van der Waals surface area contributed by atoms with E-state index in [9.17, 15) is 9.59 Å². The molecule has 4 rings (SSSR count). The average molecular weight is 485 g/mol. The first-order chi connectivity index (χ1) is 15.9. The van der Waals surface area contributed by atoms with Gasteiger partial charge in [-0.1, -0.05) is 42.3 Å². The van der Waals surface area contributed by atoms with Crippen LogP contribution in [0, 0.1) is 6.92 Å². The second kappa shape index (κ2) is 9.81. The van der Waals surface area contributed by atoms with E-state index in [0.29, 0.717) is 40.6 Å². The van der Waals surface area contributed by atoms with Gasteiger partial charge in [0.15, 0.2) is 0 Å². The number of amides is 1. The molecule has 0 saturated carbocycles. The lowest BCUT2D eigenvalue weighted by Crippen LogP contribution is -2.22. The van der Waals surface area contributed by atoms with E-state index in [1.165, 1.54) is 12.1 Å². The first-order valence-electron chi connectivity index (χ1n) is 10.6. The van der Waals surface area contributed by atoms with Gasteiger partial charge in [0.05, 0.1) is 16.3 Å². The van der Waals surface area contributed by atoms with Crippen molar-refractivity contribution in [2.24, 2.45) is 5.10 Å². The number of esters is 1. The van der Waals surface area contributed by atoms with Gasteiger partial charge in [0.1, 0.15) is 11.5 Å². The standard InChI is InChI=1S/C25H22Cl2N2O4/c1-3-15-7-10-17(11-8-15)32-25(31)23-14(2)22-20(5-4-6-21(22)33-23)28-29-24(30)18-12-9-16(26)13-19(18)27/h7-13H,3-6H2,1-2H3,(H,29,30)/b28-20+. The summed E-state index contributed by atoms with van der Waals surface area (Å²) in [5.74, 6) is 0.229. The molecule has 0 unspecified atom stereocenters. The SMILES string of the molecule is CCc1ccc(OC(=O)c2oc3c(c2C)/C(=N/NC(=O)c2ccc(Cl)cc2Cl)CCC3)cc1. The molecule has 170 valence electrons. The van der Waals surface area contributed by atoms with E-state index in [4.69, 9.17) is 32.4 Å². The minimum Gasteiger partial charge on any atom is -0.453 e. The Labute approximate surface area is 201 Å². The topological polar surface area (TPSA) is 80.9 Å². The normalized spacial score (nSPS) is 14.1. The summed E-state index contributed by atoms with van der Waals surface area (Å²) in [7, 11) is 0. The van der Waals surface area contributed by atoms with Crippen LogP contribution in [0.2, 0.25) is 10.0 Å². The summed E-state index contributed by atoms with van der Waals surface area (Å²) in [5.41, 5.74) is 5.98. The fourth-order valence-corrected chi connectivity index (χ4v) is 4.27. The Kier molecular flexibility index (Phi) is 6.86. The van der Waals surface area contributed by atoms with Crippen LogP contribution < -0.4 is 10.2 Å². The second-order valence-electron chi connectivity index (χ2n) is 7.72. The van der Waals surface area contributed by atoms with E-state index in [2.05, 4.69) is 17.5 Å². The van der Waals surface area contributed by atoms with Crippen LogP contribution >= 0.6 is 23.2 Å². The van der Waals surface area contributed by atoms with Gasteiger partial charge in [-0.2, -0.15) is 5.10 Å². The zero-order valence-corrected chi connectivity index (χ0v) is 19.7. The highest BCUT2D eigenvalue weighted by Crippen LogP contribution is 2.31. The molecule has 0 spiro atoms. The molecule has 33 heavy (non-hydrogen) atoms. The van der Waals surface area contributed by atoms with Crippen LogP contribution in [-0.2, 0) is 12.8 Å². The van der Waals surface area contributed by atoms with Gasteiger partial charge in [-0.25, -0.2) is 10.2 Å². The van der Waals surface area contributed by atoms with Crippen molar-refractivity contribution in [1.29, 1.82) is 0 Å². The molecule has 1 aliphatic carbocycles. The summed E-state index contributed by atoms with van der Waals surface area (Å²) in [6.07, 6.45) is 2.99. The van der Waals surface area contributed by atoms with E-state index >= 15 is 0 Å². The molecular formula is C25H22Cl2N2O4. The number of ether oxygens (including phenoxy) is 1. The zero-order valence-electron chi connectivity index (χ0n) is 18.2. The van der Waals surface area contributed by atoms with Crippen molar-refractivity contribution < 1.29 is 18.7 Å². The number of nitrogens with zero attached hydrogens (tertiary/aromatic N) is 1. The van der Waals surface area contributed by atoms with Gasteiger partial charge in [0.25, 0.3) is 5.91 Å². The molecule has 1 aromatic heterocycles. The highest BCUT2D eigenvalue weighted by atomic mass is 35.5. The molecular weight excluding hydrogens is 463 g/mol. The van der Waals surface area contributed by atoms with E-state index < -0.39 is 11.9 Å². The molecule has 0 bridgehead atoms. The Morgan fingerprint density at radius 1 is 1.12 bits per heavy atom. The van der Waals surface area contributed by atoms with Gasteiger partial charge >= 0.3 is 5.97 Å². The van der Waals surface area contributed by atoms with Crippen molar-refractivity contribution in [2.75, 3.05) is 0 Å². The third kappa shape index (κ3) is 4.97. The zero-order chi connectivity index (χ0) is 23.5. The predicted molar refractivity (Wildman–Crippen MR) is 128 cm³/mol. The summed E-state index contributed by atoms with van der Waals surface area (Å²) in [6, 6.07) is 12.0. The molecule has 0 aliphatic heterocycles. The molecule has 0 radical (unpaired) electrons. The number of hydrogen-bond acceptors (Lipinski definition) is 5. The van der Waals surface area contributed by atoms with Gasteiger partial charge < -0.3 is 9.15 Å². The Morgan fingerprint density at radius 2 is 1.88 bits per heavy atom. The summed E-state index contributed by atoms with van der Waals surface area (Å²) >= 11 is 12.0. The molecule has 0 atom stereocenters. The highest BCUT2D eigenvalue weighted by molar-refractivity contribution is 6.36. The number of rotatable bonds is 5. The third-order valence-corrected chi connectivity index (χ3v) is 6.07. The number of furan rings is 1. The Balaban J connectivity index is 1.55. The number of fused-ring (bicyclic) bond motifs is 1. The lowest BCUT2D eigenvalue weighted by atomic mass is 9.93. The van der Waals surface area contributed by atoms with Gasteiger partial charge in [-0.15, -0.1) is 0 Å². The highest BCUT2D eigenvalue weighted by Gasteiger charge is 2.29. The molecule has 1 N–H and O–H groups in total. The van der Waals surface area contributed by atoms with E-state index in [-0.39, 0.29) is 16.3 Å². The van der Waals surface area contributed by atoms with Gasteiger partial charge in [-0.05, 0) is 62.1 Å². The van der Waals surface area contributed by atoms with Crippen molar-refractivity contribution in [3.63, 3.8) is 0 Å². The summed E-state index contributed by atoms with van der Waals surface area (Å²) in [6.45, 7) is 3.85. The molecule has 3 aromatic rings. The number of hydrazone groups is 1.